The molecule has 17 nitrogen and oxygen atoms in total. The summed E-state index contributed by atoms with van der Waals surface area (Å²) in [5, 5.41) is 30.3. The van der Waals surface area contributed by atoms with Crippen molar-refractivity contribution in [2.24, 2.45) is 7.05 Å². The Morgan fingerprint density at radius 1 is 0.656 bits per heavy atom. The van der Waals surface area contributed by atoms with Gasteiger partial charge in [0.15, 0.2) is 22.9 Å². The number of nitrogens with one attached hydrogen (secondary N) is 6. The summed E-state index contributed by atoms with van der Waals surface area (Å²) >= 11 is 0. The molecule has 5 aromatic heterocycles. The zero-order chi connectivity index (χ0) is 44.7. The van der Waals surface area contributed by atoms with Gasteiger partial charge < -0.3 is 37.0 Å². The molecule has 9 rings (SSSR count). The zero-order valence-corrected chi connectivity index (χ0v) is 35.0. The van der Waals surface area contributed by atoms with Gasteiger partial charge in [-0.05, 0) is 61.4 Å². The van der Waals surface area contributed by atoms with E-state index in [9.17, 15) is 18.4 Å². The lowest BCUT2D eigenvalue weighted by atomic mass is 10.1. The van der Waals surface area contributed by atoms with E-state index < -0.39 is 0 Å². The maximum atomic E-state index is 14.2. The predicted molar refractivity (Wildman–Crippen MR) is 243 cm³/mol. The third kappa shape index (κ3) is 9.19. The van der Waals surface area contributed by atoms with Crippen molar-refractivity contribution in [1.82, 2.24) is 49.2 Å². The number of nitrogens with zero attached hydrogens (tertiary/aromatic N) is 8. The maximum absolute atomic E-state index is 14.2. The number of unbranched alkanes of at least 4 members (excludes halogenated alkanes) is 1. The van der Waals surface area contributed by atoms with E-state index in [4.69, 9.17) is 5.11 Å². The highest BCUT2D eigenvalue weighted by molar-refractivity contribution is 5.91. The molecule has 0 aliphatic rings. The number of aromatic nitrogens is 8. The van der Waals surface area contributed by atoms with Gasteiger partial charge in [0.25, 0.3) is 0 Å². The number of halogens is 2. The van der Waals surface area contributed by atoms with Crippen LogP contribution < -0.4 is 31.9 Å². The highest BCUT2D eigenvalue weighted by Crippen LogP contribution is 2.31. The summed E-state index contributed by atoms with van der Waals surface area (Å²) < 4.78 is 33.7. The Morgan fingerprint density at radius 3 is 1.61 bits per heavy atom. The number of fused-ring (bicyclic) bond motifs is 6. The second-order valence-electron chi connectivity index (χ2n) is 14.6. The van der Waals surface area contributed by atoms with Gasteiger partial charge in [-0.15, -0.1) is 0 Å². The first-order valence-corrected chi connectivity index (χ1v) is 20.3. The van der Waals surface area contributed by atoms with Crippen LogP contribution in [-0.4, -0.2) is 82.9 Å². The molecule has 0 bridgehead atoms. The number of hydrogen-bond donors (Lipinski definition) is 7. The zero-order valence-electron chi connectivity index (χ0n) is 35.0. The Morgan fingerprint density at radius 2 is 1.16 bits per heavy atom. The number of anilines is 4. The molecule has 0 unspecified atom stereocenters. The number of carbonyl (C=O) groups excluding carboxylic acids is 2. The fourth-order valence-electron chi connectivity index (χ4n) is 7.08. The van der Waals surface area contributed by atoms with E-state index in [1.807, 2.05) is 46.3 Å². The normalized spacial score (nSPS) is 11.1. The smallest absolute Gasteiger partial charge is 0.318 e. The number of benzene rings is 4. The number of rotatable bonds is 12. The quantitative estimate of drug-likeness (QED) is 0.0606. The van der Waals surface area contributed by atoms with Crippen molar-refractivity contribution in [3.05, 3.63) is 127 Å². The molecule has 64 heavy (non-hydrogen) atoms. The summed E-state index contributed by atoms with van der Waals surface area (Å²) in [6.45, 7) is 1.29. The van der Waals surface area contributed by atoms with Gasteiger partial charge in [-0.25, -0.2) is 38.3 Å². The van der Waals surface area contributed by atoms with Crippen molar-refractivity contribution in [2.45, 2.75) is 19.4 Å². The fraction of sp³-hybridized carbons (Fsp3) is 0.178. The van der Waals surface area contributed by atoms with Crippen LogP contribution in [0.5, 0.6) is 0 Å². The van der Waals surface area contributed by atoms with Crippen LogP contribution in [0.2, 0.25) is 0 Å². The van der Waals surface area contributed by atoms with Crippen molar-refractivity contribution in [3.8, 4) is 22.5 Å². The number of amides is 4. The molecule has 19 heteroatoms. The Labute approximate surface area is 364 Å². The van der Waals surface area contributed by atoms with Crippen LogP contribution >= 0.6 is 0 Å². The van der Waals surface area contributed by atoms with Gasteiger partial charge in [0.05, 0.1) is 52.0 Å². The Balaban J connectivity index is 0.000000175. The lowest BCUT2D eigenvalue weighted by Crippen LogP contribution is -2.24. The van der Waals surface area contributed by atoms with Crippen molar-refractivity contribution in [2.75, 3.05) is 48.5 Å². The van der Waals surface area contributed by atoms with E-state index in [1.54, 1.807) is 73.8 Å². The summed E-state index contributed by atoms with van der Waals surface area (Å²) in [6, 6.07) is 23.0. The lowest BCUT2D eigenvalue weighted by Gasteiger charge is -2.12. The second kappa shape index (κ2) is 18.8. The third-order valence-corrected chi connectivity index (χ3v) is 10.2. The number of hydrogen-bond acceptors (Lipinski definition) is 10. The molecule has 0 fully saturated rings. The molecule has 0 saturated carbocycles. The first-order chi connectivity index (χ1) is 31.1. The van der Waals surface area contributed by atoms with Gasteiger partial charge in [-0.1, -0.05) is 24.3 Å². The third-order valence-electron chi connectivity index (χ3n) is 10.2. The van der Waals surface area contributed by atoms with Gasteiger partial charge in [0, 0.05) is 87.2 Å². The van der Waals surface area contributed by atoms with Crippen molar-refractivity contribution in [3.63, 3.8) is 0 Å². The summed E-state index contributed by atoms with van der Waals surface area (Å²) in [5.41, 5.74) is 9.24. The minimum absolute atomic E-state index is 0.139. The van der Waals surface area contributed by atoms with Gasteiger partial charge in [0.2, 0.25) is 0 Å². The average Bonchev–Trinajstić information content (AvgIpc) is 4.07. The molecule has 4 aromatic carbocycles. The topological polar surface area (TPSA) is 205 Å². The Hall–Kier alpha value is -8.19. The molecule has 0 saturated heterocycles. The summed E-state index contributed by atoms with van der Waals surface area (Å²) in [5.74, 6) is 0.471. The monoisotopic (exact) mass is 866 g/mol. The van der Waals surface area contributed by atoms with E-state index in [0.29, 0.717) is 75.9 Å². The van der Waals surface area contributed by atoms with Crippen LogP contribution in [0.4, 0.5) is 41.4 Å². The molecule has 326 valence electrons. The SMILES string of the molecule is CNC(=O)Nc1ccc(-c2cnc3c(NCCCCO)nc4ccc(F)cc4n23)cc1.CNC(=O)Nc1ccc(-c2cnc3c(NCc4cnn(C)c4)nc4ccc(F)cc4n23)cc1. The first-order valence-electron chi connectivity index (χ1n) is 20.3. The number of carbonyl (C=O) groups is 2. The molecular weight excluding hydrogens is 823 g/mol. The Bertz CT molecular complexity index is 3110. The molecule has 9 aromatic rings. The number of urea groups is 2. The van der Waals surface area contributed by atoms with E-state index in [-0.39, 0.29) is 30.3 Å². The molecule has 0 aliphatic heterocycles. The number of aryl methyl sites for hydroxylation is 1. The van der Waals surface area contributed by atoms with E-state index >= 15 is 0 Å². The minimum atomic E-state index is -0.357. The number of aliphatic hydroxyl groups is 1. The molecule has 0 radical (unpaired) electrons. The number of imidazole rings is 2. The number of aliphatic hydroxyl groups excluding tert-OH is 1. The van der Waals surface area contributed by atoms with Crippen LogP contribution in [0.1, 0.15) is 18.4 Å². The van der Waals surface area contributed by atoms with Crippen LogP contribution in [-0.2, 0) is 13.6 Å². The van der Waals surface area contributed by atoms with Crippen LogP contribution in [0, 0.1) is 11.6 Å². The van der Waals surface area contributed by atoms with Gasteiger partial charge >= 0.3 is 12.1 Å². The maximum Gasteiger partial charge on any atom is 0.318 e. The van der Waals surface area contributed by atoms with Crippen molar-refractivity contribution in [1.29, 1.82) is 0 Å². The largest absolute Gasteiger partial charge is 0.396 e. The summed E-state index contributed by atoms with van der Waals surface area (Å²) in [6.07, 6.45) is 8.65. The van der Waals surface area contributed by atoms with Crippen LogP contribution in [0.3, 0.4) is 0 Å². The average molecular weight is 867 g/mol. The molecule has 0 spiro atoms. The van der Waals surface area contributed by atoms with Gasteiger partial charge in [0.1, 0.15) is 11.6 Å². The highest BCUT2D eigenvalue weighted by Gasteiger charge is 2.18. The first kappa shape index (κ1) is 42.5. The summed E-state index contributed by atoms with van der Waals surface area (Å²) in [4.78, 5) is 41.5. The Kier molecular flexibility index (Phi) is 12.5. The molecular formula is C45H44F2N14O3. The molecule has 5 heterocycles. The van der Waals surface area contributed by atoms with Crippen LogP contribution in [0.15, 0.2) is 110 Å². The second-order valence-corrected chi connectivity index (χ2v) is 14.6. The lowest BCUT2D eigenvalue weighted by molar-refractivity contribution is 0.253. The predicted octanol–water partition coefficient (Wildman–Crippen LogP) is 7.41. The van der Waals surface area contributed by atoms with E-state index in [1.165, 1.54) is 24.3 Å². The molecule has 0 aliphatic carbocycles. The van der Waals surface area contributed by atoms with Crippen molar-refractivity contribution >= 4 is 68.4 Å². The van der Waals surface area contributed by atoms with Crippen LogP contribution in [0.25, 0.3) is 55.9 Å². The summed E-state index contributed by atoms with van der Waals surface area (Å²) in [7, 11) is 4.97. The molecule has 4 amide bonds. The molecule has 7 N–H and O–H groups in total. The highest BCUT2D eigenvalue weighted by atomic mass is 19.1. The minimum Gasteiger partial charge on any atom is -0.396 e. The fourth-order valence-corrected chi connectivity index (χ4v) is 7.08. The molecule has 0 atom stereocenters. The standard InChI is InChI=1S/C23H21FN8O.C22H23FN6O2/c1-25-23(33)29-17-6-3-15(4-7-17)20-12-27-22-21(26-10-14-11-28-31(2)13-14)30-18-8-5-16(24)9-19(18)32(20)22;1-24-22(31)27-16-7-4-14(5-8-16)19-13-26-21-20(25-10-2-3-11-30)28-17-9-6-15(23)12-18(17)29(19)21/h3-9,11-13H,10H2,1-2H3,(H,26,30)(H2,25,29,33);4-9,12-13,30H,2-3,10-11H2,1H3,(H,25,28)(H2,24,27,31). The van der Waals surface area contributed by atoms with E-state index in [2.05, 4.69) is 56.9 Å². The van der Waals surface area contributed by atoms with Crippen molar-refractivity contribution < 1.29 is 23.5 Å². The van der Waals surface area contributed by atoms with Gasteiger partial charge in [-0.2, -0.15) is 5.10 Å². The van der Waals surface area contributed by atoms with Gasteiger partial charge in [-0.3, -0.25) is 13.5 Å². The van der Waals surface area contributed by atoms with E-state index in [0.717, 1.165) is 34.5 Å².